The minimum absolute atomic E-state index is 0.0311. The summed E-state index contributed by atoms with van der Waals surface area (Å²) in [6.45, 7) is 0.119. The van der Waals surface area contributed by atoms with Gasteiger partial charge in [-0.2, -0.15) is 0 Å². The molecule has 0 fully saturated rings. The Labute approximate surface area is 153 Å². The number of aromatic hydroxyl groups is 1. The van der Waals surface area contributed by atoms with Crippen LogP contribution < -0.4 is 10.4 Å². The van der Waals surface area contributed by atoms with Crippen molar-refractivity contribution in [2.45, 2.75) is 6.61 Å². The minimum Gasteiger partial charge on any atom is -0.506 e. The van der Waals surface area contributed by atoms with Crippen molar-refractivity contribution in [2.24, 2.45) is 0 Å². The van der Waals surface area contributed by atoms with E-state index in [-0.39, 0.29) is 29.0 Å². The molecule has 1 N–H and O–H groups in total. The molecular formula is C21H15FN2O3. The third-order valence-electron chi connectivity index (χ3n) is 4.18. The summed E-state index contributed by atoms with van der Waals surface area (Å²) in [7, 11) is 0. The summed E-state index contributed by atoms with van der Waals surface area (Å²) in [5.74, 6) is -0.946. The van der Waals surface area contributed by atoms with Crippen molar-refractivity contribution < 1.29 is 14.3 Å². The van der Waals surface area contributed by atoms with Crippen LogP contribution in [0.5, 0.6) is 5.75 Å². The third-order valence-corrected chi connectivity index (χ3v) is 4.18. The Morgan fingerprint density at radius 3 is 2.41 bits per heavy atom. The summed E-state index contributed by atoms with van der Waals surface area (Å²) in [5, 5.41) is 10.7. The molecule has 2 aromatic carbocycles. The summed E-state index contributed by atoms with van der Waals surface area (Å²) in [4.78, 5) is 22.7. The zero-order chi connectivity index (χ0) is 18.8. The molecular weight excluding hydrogens is 347 g/mol. The molecule has 0 saturated heterocycles. The molecule has 0 atom stereocenters. The van der Waals surface area contributed by atoms with E-state index in [2.05, 4.69) is 4.98 Å². The van der Waals surface area contributed by atoms with Gasteiger partial charge < -0.3 is 9.94 Å². The van der Waals surface area contributed by atoms with Crippen LogP contribution in [0.2, 0.25) is 0 Å². The monoisotopic (exact) mass is 362 g/mol. The number of pyridine rings is 2. The molecule has 0 bridgehead atoms. The molecule has 4 aromatic rings. The number of benzene rings is 2. The number of fused-ring (bicyclic) bond motifs is 1. The normalized spacial score (nSPS) is 10.9. The Bertz CT molecular complexity index is 1160. The van der Waals surface area contributed by atoms with Crippen molar-refractivity contribution in [3.63, 3.8) is 0 Å². The topological polar surface area (TPSA) is 64.3 Å². The molecule has 0 aliphatic rings. The Balaban J connectivity index is 1.92. The molecule has 2 heterocycles. The largest absolute Gasteiger partial charge is 0.506 e. The Kier molecular flexibility index (Phi) is 4.30. The predicted octanol–water partition coefficient (Wildman–Crippen LogP) is 3.54. The lowest BCUT2D eigenvalue weighted by molar-refractivity contribution is 0.0980. The van der Waals surface area contributed by atoms with Crippen molar-refractivity contribution in [3.05, 3.63) is 94.7 Å². The van der Waals surface area contributed by atoms with Crippen LogP contribution in [0, 0.1) is 5.82 Å². The van der Waals surface area contributed by atoms with Gasteiger partial charge in [0.2, 0.25) is 0 Å². The van der Waals surface area contributed by atoms with Crippen LogP contribution >= 0.6 is 0 Å². The molecule has 4 rings (SSSR count). The van der Waals surface area contributed by atoms with Gasteiger partial charge in [-0.1, -0.05) is 60.7 Å². The maximum absolute atomic E-state index is 13.7. The average molecular weight is 362 g/mol. The maximum Gasteiger partial charge on any atom is 0.296 e. The third kappa shape index (κ3) is 3.13. The van der Waals surface area contributed by atoms with Crippen LogP contribution in [-0.4, -0.2) is 14.8 Å². The van der Waals surface area contributed by atoms with Crippen LogP contribution in [0.1, 0.15) is 5.56 Å². The fraction of sp³-hybridized carbons (Fsp3) is 0.0476. The van der Waals surface area contributed by atoms with E-state index in [0.29, 0.717) is 5.56 Å². The molecule has 0 aliphatic carbocycles. The molecule has 0 radical (unpaired) electrons. The number of aromatic nitrogens is 2. The van der Waals surface area contributed by atoms with Gasteiger partial charge in [-0.05, 0) is 17.2 Å². The van der Waals surface area contributed by atoms with E-state index in [1.54, 1.807) is 30.3 Å². The van der Waals surface area contributed by atoms with Gasteiger partial charge in [0.05, 0.1) is 17.1 Å². The standard InChI is InChI=1S/C21H15FN2O3/c22-16-11-17-19(25)18(15-9-5-2-6-10-15)21(26)24(20(17)23-12-16)27-13-14-7-3-1-4-8-14/h1-12,25H,13H2. The summed E-state index contributed by atoms with van der Waals surface area (Å²) in [6.07, 6.45) is 0.978. The van der Waals surface area contributed by atoms with Crippen molar-refractivity contribution >= 4 is 11.0 Å². The van der Waals surface area contributed by atoms with Gasteiger partial charge in [0.1, 0.15) is 18.2 Å². The van der Waals surface area contributed by atoms with Crippen LogP contribution in [0.15, 0.2) is 77.7 Å². The quantitative estimate of drug-likeness (QED) is 0.603. The fourth-order valence-corrected chi connectivity index (χ4v) is 2.90. The summed E-state index contributed by atoms with van der Waals surface area (Å²) in [6, 6.07) is 19.1. The van der Waals surface area contributed by atoms with Gasteiger partial charge in [-0.3, -0.25) is 4.79 Å². The first kappa shape index (κ1) is 16.8. The summed E-state index contributed by atoms with van der Waals surface area (Å²) in [5.41, 5.74) is 0.872. The Morgan fingerprint density at radius 2 is 1.70 bits per heavy atom. The van der Waals surface area contributed by atoms with Gasteiger partial charge >= 0.3 is 0 Å². The molecule has 0 aliphatic heterocycles. The average Bonchev–Trinajstić information content (AvgIpc) is 2.70. The highest BCUT2D eigenvalue weighted by Crippen LogP contribution is 2.32. The Morgan fingerprint density at radius 1 is 1.04 bits per heavy atom. The lowest BCUT2D eigenvalue weighted by Gasteiger charge is -2.15. The van der Waals surface area contributed by atoms with E-state index >= 15 is 0 Å². The van der Waals surface area contributed by atoms with E-state index in [1.165, 1.54) is 0 Å². The van der Waals surface area contributed by atoms with E-state index < -0.39 is 11.4 Å². The predicted molar refractivity (Wildman–Crippen MR) is 99.8 cm³/mol. The van der Waals surface area contributed by atoms with Crippen molar-refractivity contribution in [2.75, 3.05) is 0 Å². The van der Waals surface area contributed by atoms with E-state index in [9.17, 15) is 14.3 Å². The number of rotatable bonds is 4. The molecule has 0 saturated carbocycles. The number of hydrogen-bond donors (Lipinski definition) is 1. The first-order chi connectivity index (χ1) is 13.1. The first-order valence-electron chi connectivity index (χ1n) is 8.31. The van der Waals surface area contributed by atoms with Crippen LogP contribution in [0.3, 0.4) is 0 Å². The minimum atomic E-state index is -0.620. The summed E-state index contributed by atoms with van der Waals surface area (Å²) < 4.78 is 14.7. The molecule has 134 valence electrons. The number of halogens is 1. The SMILES string of the molecule is O=c1c(-c2ccccc2)c(O)c2cc(F)cnc2n1OCc1ccccc1. The number of hydrogen-bond acceptors (Lipinski definition) is 4. The van der Waals surface area contributed by atoms with E-state index in [4.69, 9.17) is 4.84 Å². The maximum atomic E-state index is 13.7. The molecule has 5 nitrogen and oxygen atoms in total. The van der Waals surface area contributed by atoms with Crippen molar-refractivity contribution in [1.82, 2.24) is 9.71 Å². The van der Waals surface area contributed by atoms with Gasteiger partial charge in [-0.25, -0.2) is 9.37 Å². The fourth-order valence-electron chi connectivity index (χ4n) is 2.90. The van der Waals surface area contributed by atoms with E-state index in [0.717, 1.165) is 22.6 Å². The van der Waals surface area contributed by atoms with Gasteiger partial charge in [0.15, 0.2) is 5.65 Å². The smallest absolute Gasteiger partial charge is 0.296 e. The molecule has 27 heavy (non-hydrogen) atoms. The van der Waals surface area contributed by atoms with Crippen LogP contribution in [-0.2, 0) is 6.61 Å². The lowest BCUT2D eigenvalue weighted by atomic mass is 10.0. The second kappa shape index (κ2) is 6.92. The van der Waals surface area contributed by atoms with Gasteiger partial charge in [0.25, 0.3) is 5.56 Å². The Hall–Kier alpha value is -3.67. The highest BCUT2D eigenvalue weighted by molar-refractivity contribution is 5.89. The highest BCUT2D eigenvalue weighted by atomic mass is 19.1. The zero-order valence-electron chi connectivity index (χ0n) is 14.2. The molecule has 0 spiro atoms. The van der Waals surface area contributed by atoms with Gasteiger partial charge in [0, 0.05) is 0 Å². The molecule has 0 unspecified atom stereocenters. The van der Waals surface area contributed by atoms with Crippen molar-refractivity contribution in [1.29, 1.82) is 0 Å². The van der Waals surface area contributed by atoms with Crippen LogP contribution in [0.25, 0.3) is 22.2 Å². The van der Waals surface area contributed by atoms with Gasteiger partial charge in [-0.15, -0.1) is 4.73 Å². The van der Waals surface area contributed by atoms with Crippen LogP contribution in [0.4, 0.5) is 4.39 Å². The van der Waals surface area contributed by atoms with Crippen molar-refractivity contribution in [3.8, 4) is 16.9 Å². The number of nitrogens with zero attached hydrogens (tertiary/aromatic N) is 2. The molecule has 0 amide bonds. The highest BCUT2D eigenvalue weighted by Gasteiger charge is 2.20. The van der Waals surface area contributed by atoms with E-state index in [1.807, 2.05) is 30.3 Å². The molecule has 6 heteroatoms. The summed E-state index contributed by atoms with van der Waals surface area (Å²) >= 11 is 0. The lowest BCUT2D eigenvalue weighted by Crippen LogP contribution is -2.29. The second-order valence-electron chi connectivity index (χ2n) is 5.97. The molecule has 2 aromatic heterocycles. The first-order valence-corrected chi connectivity index (χ1v) is 8.31. The second-order valence-corrected chi connectivity index (χ2v) is 5.97. The zero-order valence-corrected chi connectivity index (χ0v) is 14.2.